The third-order valence-electron chi connectivity index (χ3n) is 4.35. The molecule has 0 aliphatic heterocycles. The van der Waals surface area contributed by atoms with E-state index in [9.17, 15) is 0 Å². The van der Waals surface area contributed by atoms with Crippen molar-refractivity contribution >= 4 is 6.20 Å². The van der Waals surface area contributed by atoms with Crippen LogP contribution in [0.1, 0.15) is 76.5 Å². The molecule has 0 fully saturated rings. The van der Waals surface area contributed by atoms with E-state index < -0.39 is 0 Å². The zero-order valence-electron chi connectivity index (χ0n) is 16.4. The van der Waals surface area contributed by atoms with Crippen LogP contribution in [0.2, 0.25) is 0 Å². The maximum atomic E-state index is 4.81. The topological polar surface area (TPSA) is 21.1 Å². The van der Waals surface area contributed by atoms with Crippen molar-refractivity contribution in [2.75, 3.05) is 13.1 Å². The third-order valence-corrected chi connectivity index (χ3v) is 4.35. The minimum atomic E-state index is 0.821. The summed E-state index contributed by atoms with van der Waals surface area (Å²) in [7, 11) is 0. The lowest BCUT2D eigenvalue weighted by atomic mass is 10.2. The van der Waals surface area contributed by atoms with E-state index in [0.29, 0.717) is 0 Å². The second kappa shape index (κ2) is 12.1. The molecule has 0 atom stereocenters. The molecule has 1 aromatic rings. The number of hydrogen-bond donors (Lipinski definition) is 0. The van der Waals surface area contributed by atoms with Gasteiger partial charge in [-0.3, -0.25) is 4.90 Å². The van der Waals surface area contributed by atoms with E-state index in [4.69, 9.17) is 4.98 Å². The number of hydrogen-bond acceptors (Lipinski definition) is 2. The number of nitrogens with zero attached hydrogens (tertiary/aromatic N) is 3. The molecule has 0 aliphatic carbocycles. The fraction of sp³-hybridized carbons (Fsp3) is 0.667. The van der Waals surface area contributed by atoms with Crippen molar-refractivity contribution in [2.45, 2.75) is 79.2 Å². The lowest BCUT2D eigenvalue weighted by Crippen LogP contribution is -2.27. The van der Waals surface area contributed by atoms with Gasteiger partial charge in [0.25, 0.3) is 0 Å². The van der Waals surface area contributed by atoms with Gasteiger partial charge in [0.15, 0.2) is 0 Å². The Labute approximate surface area is 149 Å². The second-order valence-corrected chi connectivity index (χ2v) is 6.58. The Morgan fingerprint density at radius 1 is 1.08 bits per heavy atom. The van der Waals surface area contributed by atoms with E-state index in [1.54, 1.807) is 0 Å². The van der Waals surface area contributed by atoms with E-state index in [2.05, 4.69) is 56.0 Å². The van der Waals surface area contributed by atoms with Gasteiger partial charge >= 0.3 is 0 Å². The van der Waals surface area contributed by atoms with Crippen LogP contribution in [0.5, 0.6) is 0 Å². The Morgan fingerprint density at radius 2 is 1.75 bits per heavy atom. The minimum absolute atomic E-state index is 0.821. The van der Waals surface area contributed by atoms with Gasteiger partial charge in [-0.15, -0.1) is 6.58 Å². The molecule has 0 radical (unpaired) electrons. The van der Waals surface area contributed by atoms with Gasteiger partial charge in [-0.2, -0.15) is 0 Å². The summed E-state index contributed by atoms with van der Waals surface area (Å²) in [6, 6.07) is 0. The van der Waals surface area contributed by atoms with Gasteiger partial charge in [0.05, 0.1) is 11.4 Å². The molecule has 0 saturated heterocycles. The fourth-order valence-corrected chi connectivity index (χ4v) is 2.87. The summed E-state index contributed by atoms with van der Waals surface area (Å²) in [4.78, 5) is 7.40. The van der Waals surface area contributed by atoms with Crippen molar-refractivity contribution in [1.29, 1.82) is 0 Å². The number of aromatic nitrogens is 2. The Morgan fingerprint density at radius 3 is 2.29 bits per heavy atom. The predicted molar refractivity (Wildman–Crippen MR) is 106 cm³/mol. The van der Waals surface area contributed by atoms with Crippen molar-refractivity contribution in [3.8, 4) is 0 Å². The van der Waals surface area contributed by atoms with E-state index in [-0.39, 0.29) is 0 Å². The summed E-state index contributed by atoms with van der Waals surface area (Å²) in [5.41, 5.74) is 2.50. The third kappa shape index (κ3) is 6.64. The number of unbranched alkanes of at least 4 members (excludes halogenated alkanes) is 3. The number of imidazole rings is 1. The highest BCUT2D eigenvalue weighted by molar-refractivity contribution is 5.33. The van der Waals surface area contributed by atoms with Crippen molar-refractivity contribution in [1.82, 2.24) is 14.5 Å². The first kappa shape index (κ1) is 20.7. The van der Waals surface area contributed by atoms with Crippen LogP contribution >= 0.6 is 0 Å². The average molecular weight is 332 g/mol. The summed E-state index contributed by atoms with van der Waals surface area (Å²) < 4.78 is 2.30. The van der Waals surface area contributed by atoms with Crippen LogP contribution in [-0.4, -0.2) is 27.5 Å². The fourth-order valence-electron chi connectivity index (χ4n) is 2.87. The Bertz CT molecular complexity index is 491. The number of rotatable bonds is 13. The molecule has 0 amide bonds. The van der Waals surface area contributed by atoms with Crippen LogP contribution in [-0.2, 0) is 13.0 Å². The lowest BCUT2D eigenvalue weighted by Gasteiger charge is -2.22. The molecule has 0 unspecified atom stereocenters. The summed E-state index contributed by atoms with van der Waals surface area (Å²) in [6.07, 6.45) is 14.6. The number of aryl methyl sites for hydroxylation is 1. The largest absolute Gasteiger partial charge is 0.306 e. The summed E-state index contributed by atoms with van der Waals surface area (Å²) in [6.45, 7) is 16.1. The summed E-state index contributed by atoms with van der Waals surface area (Å²) in [5.74, 6) is 1.11. The standard InChI is InChI=1S/C21H37N3/c1-6-10-13-17-24-20(19(5)22-21(24)14-9-4)18-23(15-11-7-2)16-12-8-3/h9,13,17H,4,6-8,10-12,14-16,18H2,1-3,5H3/b17-13-. The van der Waals surface area contributed by atoms with Gasteiger partial charge in [0.2, 0.25) is 0 Å². The molecule has 0 bridgehead atoms. The van der Waals surface area contributed by atoms with Gasteiger partial charge in [0.1, 0.15) is 5.82 Å². The monoisotopic (exact) mass is 331 g/mol. The van der Waals surface area contributed by atoms with E-state index >= 15 is 0 Å². The molecule has 0 saturated carbocycles. The van der Waals surface area contributed by atoms with Crippen LogP contribution in [0.25, 0.3) is 6.20 Å². The number of allylic oxidation sites excluding steroid dienone is 2. The van der Waals surface area contributed by atoms with Crippen molar-refractivity contribution in [3.05, 3.63) is 35.9 Å². The average Bonchev–Trinajstić information content (AvgIpc) is 2.86. The molecule has 0 spiro atoms. The second-order valence-electron chi connectivity index (χ2n) is 6.58. The van der Waals surface area contributed by atoms with Crippen LogP contribution in [0.15, 0.2) is 18.7 Å². The maximum absolute atomic E-state index is 4.81. The molecule has 24 heavy (non-hydrogen) atoms. The SMILES string of the molecule is C=CCc1nc(C)c(CN(CCCC)CCCC)n1/C=C\CCC. The molecular weight excluding hydrogens is 294 g/mol. The Kier molecular flexibility index (Phi) is 10.4. The van der Waals surface area contributed by atoms with Gasteiger partial charge in [0, 0.05) is 19.2 Å². The van der Waals surface area contributed by atoms with E-state index in [0.717, 1.165) is 30.9 Å². The molecule has 3 heteroatoms. The molecule has 1 rings (SSSR count). The van der Waals surface area contributed by atoms with Crippen LogP contribution in [0.3, 0.4) is 0 Å². The van der Waals surface area contributed by atoms with Gasteiger partial charge in [-0.25, -0.2) is 4.98 Å². The smallest absolute Gasteiger partial charge is 0.117 e. The van der Waals surface area contributed by atoms with Crippen molar-refractivity contribution in [2.24, 2.45) is 0 Å². The quantitative estimate of drug-likeness (QED) is 0.439. The summed E-state index contributed by atoms with van der Waals surface area (Å²) in [5, 5.41) is 0. The molecular formula is C21H37N3. The lowest BCUT2D eigenvalue weighted by molar-refractivity contribution is 0.252. The molecule has 0 N–H and O–H groups in total. The first-order valence-electron chi connectivity index (χ1n) is 9.74. The molecule has 1 heterocycles. The van der Waals surface area contributed by atoms with Gasteiger partial charge < -0.3 is 4.57 Å². The van der Waals surface area contributed by atoms with Crippen molar-refractivity contribution < 1.29 is 0 Å². The van der Waals surface area contributed by atoms with Crippen molar-refractivity contribution in [3.63, 3.8) is 0 Å². The maximum Gasteiger partial charge on any atom is 0.117 e. The predicted octanol–water partition coefficient (Wildman–Crippen LogP) is 5.59. The van der Waals surface area contributed by atoms with Crippen LogP contribution in [0, 0.1) is 6.92 Å². The molecule has 0 aliphatic rings. The zero-order valence-corrected chi connectivity index (χ0v) is 16.4. The first-order valence-corrected chi connectivity index (χ1v) is 9.74. The summed E-state index contributed by atoms with van der Waals surface area (Å²) >= 11 is 0. The Hall–Kier alpha value is -1.35. The highest BCUT2D eigenvalue weighted by Crippen LogP contribution is 2.17. The van der Waals surface area contributed by atoms with Crippen LogP contribution in [0.4, 0.5) is 0 Å². The zero-order chi connectivity index (χ0) is 17.8. The Balaban J connectivity index is 3.01. The molecule has 136 valence electrons. The minimum Gasteiger partial charge on any atom is -0.306 e. The molecule has 1 aromatic heterocycles. The molecule has 0 aromatic carbocycles. The first-order chi connectivity index (χ1) is 11.7. The van der Waals surface area contributed by atoms with Gasteiger partial charge in [-0.05, 0) is 39.3 Å². The van der Waals surface area contributed by atoms with Crippen LogP contribution < -0.4 is 0 Å². The molecule has 3 nitrogen and oxygen atoms in total. The van der Waals surface area contributed by atoms with E-state index in [1.807, 2.05) is 6.08 Å². The highest BCUT2D eigenvalue weighted by atomic mass is 15.2. The normalized spacial score (nSPS) is 11.7. The highest BCUT2D eigenvalue weighted by Gasteiger charge is 2.15. The van der Waals surface area contributed by atoms with E-state index in [1.165, 1.54) is 50.9 Å². The van der Waals surface area contributed by atoms with Gasteiger partial charge in [-0.1, -0.05) is 52.2 Å².